The van der Waals surface area contributed by atoms with Crippen LogP contribution < -0.4 is 4.90 Å². The van der Waals surface area contributed by atoms with Crippen LogP contribution in [0, 0.1) is 11.6 Å². The molecule has 0 aliphatic carbocycles. The highest BCUT2D eigenvalue weighted by molar-refractivity contribution is 6.51. The Labute approximate surface area is 158 Å². The number of aliphatic hydroxyl groups is 1. The highest BCUT2D eigenvalue weighted by Gasteiger charge is 2.48. The van der Waals surface area contributed by atoms with Crippen LogP contribution in [0.3, 0.4) is 0 Å². The highest BCUT2D eigenvalue weighted by Crippen LogP contribution is 2.42. The van der Waals surface area contributed by atoms with Gasteiger partial charge in [0.25, 0.3) is 11.7 Å². The van der Waals surface area contributed by atoms with E-state index in [2.05, 4.69) is 0 Å². The third-order valence-corrected chi connectivity index (χ3v) is 4.49. The number of carbonyl (C=O) groups excluding carboxylic acids is 2. The van der Waals surface area contributed by atoms with Crippen LogP contribution in [-0.4, -0.2) is 16.8 Å². The lowest BCUT2D eigenvalue weighted by Crippen LogP contribution is -2.29. The Morgan fingerprint density at radius 1 is 0.964 bits per heavy atom. The van der Waals surface area contributed by atoms with E-state index in [9.17, 15) is 23.5 Å². The van der Waals surface area contributed by atoms with Crippen molar-refractivity contribution >= 4 is 23.1 Å². The quantitative estimate of drug-likeness (QED) is 0.420. The minimum Gasteiger partial charge on any atom is -0.507 e. The van der Waals surface area contributed by atoms with Crippen molar-refractivity contribution in [3.63, 3.8) is 0 Å². The van der Waals surface area contributed by atoms with E-state index < -0.39 is 29.4 Å². The Balaban J connectivity index is 1.93. The summed E-state index contributed by atoms with van der Waals surface area (Å²) < 4.78 is 32.5. The number of rotatable bonds is 3. The molecule has 0 spiro atoms. The molecule has 7 heteroatoms. The van der Waals surface area contributed by atoms with Gasteiger partial charge in [0.1, 0.15) is 17.6 Å². The Morgan fingerprint density at radius 2 is 1.71 bits per heavy atom. The normalized spacial score (nSPS) is 18.6. The maximum atomic E-state index is 13.8. The lowest BCUT2D eigenvalue weighted by atomic mass is 9.99. The second-order valence-electron chi connectivity index (χ2n) is 6.15. The molecule has 28 heavy (non-hydrogen) atoms. The fourth-order valence-corrected chi connectivity index (χ4v) is 3.20. The first-order valence-corrected chi connectivity index (χ1v) is 8.34. The van der Waals surface area contributed by atoms with E-state index in [4.69, 9.17) is 4.42 Å². The molecule has 140 valence electrons. The van der Waals surface area contributed by atoms with E-state index in [1.54, 1.807) is 36.4 Å². The van der Waals surface area contributed by atoms with Gasteiger partial charge < -0.3 is 9.52 Å². The molecule has 1 amide bonds. The van der Waals surface area contributed by atoms with Crippen molar-refractivity contribution in [1.82, 2.24) is 0 Å². The van der Waals surface area contributed by atoms with Gasteiger partial charge in [0.15, 0.2) is 11.6 Å². The zero-order valence-electron chi connectivity index (χ0n) is 14.3. The van der Waals surface area contributed by atoms with Crippen molar-refractivity contribution in [3.05, 3.63) is 95.5 Å². The standard InChI is InChI=1S/C21H13F2NO4/c22-14-9-8-13(11-15(14)23)24-18(16-7-4-10-28-16)17(20(26)21(24)27)19(25)12-5-2-1-3-6-12/h1-11,18,25H/b19-17-. The number of nitrogens with zero attached hydrogens (tertiary/aromatic N) is 1. The van der Waals surface area contributed by atoms with Crippen molar-refractivity contribution in [1.29, 1.82) is 0 Å². The molecule has 0 bridgehead atoms. The van der Waals surface area contributed by atoms with Gasteiger partial charge in [-0.25, -0.2) is 8.78 Å². The molecule has 0 radical (unpaired) electrons. The number of hydrogen-bond acceptors (Lipinski definition) is 4. The zero-order chi connectivity index (χ0) is 19.8. The number of furan rings is 1. The van der Waals surface area contributed by atoms with Gasteiger partial charge in [0, 0.05) is 17.3 Å². The molecule has 2 heterocycles. The van der Waals surface area contributed by atoms with Gasteiger partial charge in [-0.3, -0.25) is 14.5 Å². The van der Waals surface area contributed by atoms with Crippen molar-refractivity contribution in [2.45, 2.75) is 6.04 Å². The Bertz CT molecular complexity index is 1090. The molecular weight excluding hydrogens is 368 g/mol. The van der Waals surface area contributed by atoms with Crippen molar-refractivity contribution in [2.24, 2.45) is 0 Å². The van der Waals surface area contributed by atoms with Crippen LogP contribution in [0.15, 0.2) is 76.9 Å². The predicted octanol–water partition coefficient (Wildman–Crippen LogP) is 4.18. The minimum absolute atomic E-state index is 0.0329. The molecule has 3 aromatic rings. The predicted molar refractivity (Wildman–Crippen MR) is 96.3 cm³/mol. The third kappa shape index (κ3) is 2.77. The fraction of sp³-hybridized carbons (Fsp3) is 0.0476. The van der Waals surface area contributed by atoms with Crippen LogP contribution in [-0.2, 0) is 9.59 Å². The van der Waals surface area contributed by atoms with Crippen molar-refractivity contribution in [3.8, 4) is 0 Å². The van der Waals surface area contributed by atoms with Gasteiger partial charge in [0.05, 0.1) is 11.8 Å². The Hall–Kier alpha value is -3.74. The molecule has 1 aliphatic rings. The van der Waals surface area contributed by atoms with Gasteiger partial charge in [0.2, 0.25) is 0 Å². The summed E-state index contributed by atoms with van der Waals surface area (Å²) in [5.41, 5.74) is 0.104. The summed E-state index contributed by atoms with van der Waals surface area (Å²) in [6.45, 7) is 0. The number of benzene rings is 2. The lowest BCUT2D eigenvalue weighted by Gasteiger charge is -2.23. The van der Waals surface area contributed by atoms with Crippen LogP contribution in [0.1, 0.15) is 17.4 Å². The fourth-order valence-electron chi connectivity index (χ4n) is 3.20. The SMILES string of the molecule is O=C1C(=O)N(c2ccc(F)c(F)c2)C(c2ccco2)/C1=C(/O)c1ccccc1. The number of halogens is 2. The molecule has 1 unspecified atom stereocenters. The Morgan fingerprint density at radius 3 is 2.36 bits per heavy atom. The molecule has 1 aliphatic heterocycles. The highest BCUT2D eigenvalue weighted by atomic mass is 19.2. The monoisotopic (exact) mass is 381 g/mol. The van der Waals surface area contributed by atoms with Gasteiger partial charge >= 0.3 is 0 Å². The molecule has 4 rings (SSSR count). The summed E-state index contributed by atoms with van der Waals surface area (Å²) in [5.74, 6) is -4.37. The van der Waals surface area contributed by atoms with Crippen molar-refractivity contribution < 1.29 is 27.9 Å². The van der Waals surface area contributed by atoms with E-state index in [1.807, 2.05) is 0 Å². The average molecular weight is 381 g/mol. The number of anilines is 1. The van der Waals surface area contributed by atoms with Crippen LogP contribution in [0.25, 0.3) is 5.76 Å². The summed E-state index contributed by atoms with van der Waals surface area (Å²) >= 11 is 0. The molecule has 2 aromatic carbocycles. The molecule has 5 nitrogen and oxygen atoms in total. The smallest absolute Gasteiger partial charge is 0.300 e. The molecule has 0 saturated carbocycles. The first-order valence-electron chi connectivity index (χ1n) is 8.34. The van der Waals surface area contributed by atoms with E-state index in [0.717, 1.165) is 17.0 Å². The minimum atomic E-state index is -1.17. The largest absolute Gasteiger partial charge is 0.507 e. The molecule has 1 fully saturated rings. The molecule has 1 aromatic heterocycles. The second-order valence-corrected chi connectivity index (χ2v) is 6.15. The van der Waals surface area contributed by atoms with Crippen LogP contribution in [0.2, 0.25) is 0 Å². The number of Topliss-reactive ketones (excluding diaryl/α,β-unsaturated/α-hetero) is 1. The Kier molecular flexibility index (Phi) is 4.27. The number of ketones is 1. The van der Waals surface area contributed by atoms with E-state index in [1.165, 1.54) is 18.4 Å². The van der Waals surface area contributed by atoms with Gasteiger partial charge in [-0.15, -0.1) is 0 Å². The maximum Gasteiger partial charge on any atom is 0.300 e. The van der Waals surface area contributed by atoms with E-state index >= 15 is 0 Å². The first kappa shape index (κ1) is 17.7. The topological polar surface area (TPSA) is 70.8 Å². The van der Waals surface area contributed by atoms with E-state index in [0.29, 0.717) is 5.56 Å². The molecule has 1 saturated heterocycles. The second kappa shape index (κ2) is 6.77. The van der Waals surface area contributed by atoms with Crippen molar-refractivity contribution in [2.75, 3.05) is 4.90 Å². The van der Waals surface area contributed by atoms with Crippen LogP contribution >= 0.6 is 0 Å². The summed E-state index contributed by atoms with van der Waals surface area (Å²) in [6.07, 6.45) is 1.35. The summed E-state index contributed by atoms with van der Waals surface area (Å²) in [5, 5.41) is 10.7. The number of hydrogen-bond donors (Lipinski definition) is 1. The number of carbonyl (C=O) groups is 2. The van der Waals surface area contributed by atoms with Crippen LogP contribution in [0.4, 0.5) is 14.5 Å². The lowest BCUT2D eigenvalue weighted by molar-refractivity contribution is -0.132. The van der Waals surface area contributed by atoms with Gasteiger partial charge in [-0.2, -0.15) is 0 Å². The summed E-state index contributed by atoms with van der Waals surface area (Å²) in [6, 6.07) is 13.1. The zero-order valence-corrected chi connectivity index (χ0v) is 14.3. The first-order chi connectivity index (χ1) is 13.5. The molecule has 1 N–H and O–H groups in total. The summed E-state index contributed by atoms with van der Waals surface area (Å²) in [4.78, 5) is 26.5. The van der Waals surface area contributed by atoms with Gasteiger partial charge in [-0.05, 0) is 24.3 Å². The van der Waals surface area contributed by atoms with E-state index in [-0.39, 0.29) is 22.8 Å². The summed E-state index contributed by atoms with van der Waals surface area (Å²) in [7, 11) is 0. The average Bonchev–Trinajstić information content (AvgIpc) is 3.32. The number of aliphatic hydroxyl groups excluding tert-OH is 1. The number of amides is 1. The van der Waals surface area contributed by atoms with Gasteiger partial charge in [-0.1, -0.05) is 30.3 Å². The maximum absolute atomic E-state index is 13.8. The molecule has 1 atom stereocenters. The molecular formula is C21H13F2NO4. The van der Waals surface area contributed by atoms with Crippen LogP contribution in [0.5, 0.6) is 0 Å². The third-order valence-electron chi connectivity index (χ3n) is 4.49.